The van der Waals surface area contributed by atoms with Gasteiger partial charge >= 0.3 is 0 Å². The third-order valence-corrected chi connectivity index (χ3v) is 4.50. The van der Waals surface area contributed by atoms with Gasteiger partial charge in [0, 0.05) is 31.7 Å². The Kier molecular flexibility index (Phi) is 7.77. The predicted octanol–water partition coefficient (Wildman–Crippen LogP) is 4.62. The summed E-state index contributed by atoms with van der Waals surface area (Å²) < 4.78 is 14.0. The fourth-order valence-electron chi connectivity index (χ4n) is 2.54. The van der Waals surface area contributed by atoms with Gasteiger partial charge in [0.05, 0.1) is 9.99 Å². The van der Waals surface area contributed by atoms with E-state index in [4.69, 9.17) is 0 Å². The topological polar surface area (TPSA) is 49.3 Å². The summed E-state index contributed by atoms with van der Waals surface area (Å²) in [5, 5.41) is 7.59. The maximum atomic E-state index is 13.6. The van der Waals surface area contributed by atoms with Crippen LogP contribution in [0.2, 0.25) is 0 Å². The minimum absolute atomic E-state index is 0. The van der Waals surface area contributed by atoms with E-state index in [0.717, 1.165) is 22.0 Å². The van der Waals surface area contributed by atoms with Crippen molar-refractivity contribution < 1.29 is 4.39 Å². The molecule has 1 heterocycles. The summed E-state index contributed by atoms with van der Waals surface area (Å²) in [6.07, 6.45) is 1.81. The van der Waals surface area contributed by atoms with E-state index < -0.39 is 0 Å². The number of guanidine groups is 1. The van der Waals surface area contributed by atoms with Gasteiger partial charge in [0.1, 0.15) is 5.82 Å². The molecule has 7 heteroatoms. The number of aromatic nitrogens is 1. The van der Waals surface area contributed by atoms with Crippen molar-refractivity contribution in [3.63, 3.8) is 0 Å². The Morgan fingerprint density at radius 1 is 1.12 bits per heavy atom. The van der Waals surface area contributed by atoms with Crippen LogP contribution in [0.15, 0.2) is 64.2 Å². The van der Waals surface area contributed by atoms with E-state index in [-0.39, 0.29) is 29.8 Å². The molecule has 3 aromatic rings. The van der Waals surface area contributed by atoms with Crippen LogP contribution in [0, 0.1) is 5.82 Å². The van der Waals surface area contributed by atoms with Gasteiger partial charge < -0.3 is 10.6 Å². The van der Waals surface area contributed by atoms with E-state index >= 15 is 0 Å². The molecule has 0 atom stereocenters. The summed E-state index contributed by atoms with van der Waals surface area (Å²) in [6, 6.07) is 15.1. The van der Waals surface area contributed by atoms with Gasteiger partial charge in [0.15, 0.2) is 5.96 Å². The lowest BCUT2D eigenvalue weighted by Crippen LogP contribution is -2.36. The Balaban J connectivity index is 0.00000243. The molecule has 0 fully saturated rings. The second-order valence-corrected chi connectivity index (χ2v) is 6.37. The average Bonchev–Trinajstić information content (AvgIpc) is 2.64. The minimum Gasteiger partial charge on any atom is -0.352 e. The molecule has 0 aliphatic carbocycles. The molecule has 0 saturated heterocycles. The number of fused-ring (bicyclic) bond motifs is 1. The number of hydrogen-bond acceptors (Lipinski definition) is 2. The highest BCUT2D eigenvalue weighted by molar-refractivity contribution is 14.0. The molecule has 0 spiro atoms. The molecule has 0 aliphatic heterocycles. The third-order valence-electron chi connectivity index (χ3n) is 3.85. The Morgan fingerprint density at radius 3 is 2.65 bits per heavy atom. The number of nitrogens with zero attached hydrogens (tertiary/aromatic N) is 2. The van der Waals surface area contributed by atoms with Gasteiger partial charge in [-0.1, -0.05) is 24.3 Å². The molecule has 1 aromatic heterocycles. The van der Waals surface area contributed by atoms with Crippen LogP contribution in [0.5, 0.6) is 0 Å². The molecule has 0 bridgehead atoms. The maximum Gasteiger partial charge on any atom is 0.191 e. The molecule has 0 radical (unpaired) electrons. The molecule has 2 N–H and O–H groups in total. The summed E-state index contributed by atoms with van der Waals surface area (Å²) in [7, 11) is 1.71. The van der Waals surface area contributed by atoms with Gasteiger partial charge in [-0.05, 0) is 51.3 Å². The molecule has 0 saturated carbocycles. The van der Waals surface area contributed by atoms with E-state index in [1.54, 1.807) is 19.3 Å². The Labute approximate surface area is 177 Å². The molecular weight excluding hydrogens is 510 g/mol. The first-order valence-corrected chi connectivity index (χ1v) is 8.68. The number of rotatable bonds is 4. The van der Waals surface area contributed by atoms with E-state index in [1.807, 2.05) is 30.3 Å². The number of halogens is 3. The third kappa shape index (κ3) is 5.14. The van der Waals surface area contributed by atoms with Crippen molar-refractivity contribution in [1.29, 1.82) is 0 Å². The fourth-order valence-corrected chi connectivity index (χ4v) is 2.79. The number of nitrogens with one attached hydrogen (secondary N) is 2. The van der Waals surface area contributed by atoms with Crippen LogP contribution < -0.4 is 10.6 Å². The summed E-state index contributed by atoms with van der Waals surface area (Å²) in [4.78, 5) is 8.58. The van der Waals surface area contributed by atoms with Gasteiger partial charge in [-0.3, -0.25) is 9.98 Å². The molecule has 4 nitrogen and oxygen atoms in total. The van der Waals surface area contributed by atoms with Crippen LogP contribution in [-0.2, 0) is 13.1 Å². The molecular formula is C19H19BrFIN4. The molecule has 2 aromatic carbocycles. The van der Waals surface area contributed by atoms with Gasteiger partial charge in [0.25, 0.3) is 0 Å². The highest BCUT2D eigenvalue weighted by Gasteiger charge is 2.04. The highest BCUT2D eigenvalue weighted by atomic mass is 127. The average molecular weight is 529 g/mol. The van der Waals surface area contributed by atoms with Crippen LogP contribution in [0.25, 0.3) is 10.9 Å². The van der Waals surface area contributed by atoms with Crippen LogP contribution in [0.1, 0.15) is 11.1 Å². The van der Waals surface area contributed by atoms with Crippen molar-refractivity contribution in [3.05, 3.63) is 76.1 Å². The molecule has 26 heavy (non-hydrogen) atoms. The van der Waals surface area contributed by atoms with E-state index in [2.05, 4.69) is 42.6 Å². The monoisotopic (exact) mass is 528 g/mol. The summed E-state index contributed by atoms with van der Waals surface area (Å²) >= 11 is 3.16. The normalized spacial score (nSPS) is 11.1. The molecule has 136 valence electrons. The predicted molar refractivity (Wildman–Crippen MR) is 118 cm³/mol. The lowest BCUT2D eigenvalue weighted by Gasteiger charge is -2.13. The first-order valence-electron chi connectivity index (χ1n) is 7.88. The Bertz CT molecular complexity index is 912. The maximum absolute atomic E-state index is 13.6. The van der Waals surface area contributed by atoms with Crippen molar-refractivity contribution in [2.24, 2.45) is 4.99 Å². The largest absolute Gasteiger partial charge is 0.352 e. The summed E-state index contributed by atoms with van der Waals surface area (Å²) in [6.45, 7) is 1.11. The Hall–Kier alpha value is -1.74. The van der Waals surface area contributed by atoms with E-state index in [9.17, 15) is 4.39 Å². The van der Waals surface area contributed by atoms with Gasteiger partial charge in [-0.25, -0.2) is 4.39 Å². The SMILES string of the molecule is CN=C(NCc1ccc(Br)c(F)c1)NCc1ccnc2ccccc12.I. The standard InChI is InChI=1S/C19H18BrFN4.HI/c1-22-19(24-11-13-6-7-16(20)17(21)10-13)25-12-14-8-9-23-18-5-3-2-4-15(14)18;/h2-10H,11-12H2,1H3,(H2,22,24,25);1H. The van der Waals surface area contributed by atoms with E-state index in [1.165, 1.54) is 6.07 Å². The zero-order chi connectivity index (χ0) is 17.6. The summed E-state index contributed by atoms with van der Waals surface area (Å²) in [5.74, 6) is 0.384. The van der Waals surface area contributed by atoms with Crippen LogP contribution in [0.3, 0.4) is 0 Å². The van der Waals surface area contributed by atoms with Crippen molar-refractivity contribution in [1.82, 2.24) is 15.6 Å². The highest BCUT2D eigenvalue weighted by Crippen LogP contribution is 2.17. The molecule has 3 rings (SSSR count). The zero-order valence-electron chi connectivity index (χ0n) is 14.2. The number of benzene rings is 2. The van der Waals surface area contributed by atoms with Crippen LogP contribution >= 0.6 is 39.9 Å². The first kappa shape index (κ1) is 20.6. The smallest absolute Gasteiger partial charge is 0.191 e. The first-order chi connectivity index (χ1) is 12.2. The van der Waals surface area contributed by atoms with E-state index in [0.29, 0.717) is 23.5 Å². The number of hydrogen-bond donors (Lipinski definition) is 2. The molecule has 0 aliphatic rings. The number of para-hydroxylation sites is 1. The fraction of sp³-hybridized carbons (Fsp3) is 0.158. The van der Waals surface area contributed by atoms with Crippen LogP contribution in [-0.4, -0.2) is 18.0 Å². The second kappa shape index (κ2) is 9.82. The Morgan fingerprint density at radius 2 is 1.88 bits per heavy atom. The lowest BCUT2D eigenvalue weighted by atomic mass is 10.1. The van der Waals surface area contributed by atoms with Gasteiger partial charge in [0.2, 0.25) is 0 Å². The van der Waals surface area contributed by atoms with Gasteiger partial charge in [-0.2, -0.15) is 0 Å². The van der Waals surface area contributed by atoms with Crippen molar-refractivity contribution in [3.8, 4) is 0 Å². The number of aliphatic imine (C=N–C) groups is 1. The molecule has 0 amide bonds. The lowest BCUT2D eigenvalue weighted by molar-refractivity contribution is 0.618. The number of pyridine rings is 1. The van der Waals surface area contributed by atoms with Gasteiger partial charge in [-0.15, -0.1) is 24.0 Å². The quantitative estimate of drug-likeness (QED) is 0.295. The van der Waals surface area contributed by atoms with Crippen molar-refractivity contribution in [2.75, 3.05) is 7.05 Å². The van der Waals surface area contributed by atoms with Crippen LogP contribution in [0.4, 0.5) is 4.39 Å². The minimum atomic E-state index is -0.273. The van der Waals surface area contributed by atoms with Crippen molar-refractivity contribution >= 4 is 56.8 Å². The molecule has 0 unspecified atom stereocenters. The van der Waals surface area contributed by atoms with Crippen molar-refractivity contribution in [2.45, 2.75) is 13.1 Å². The second-order valence-electron chi connectivity index (χ2n) is 5.52. The zero-order valence-corrected chi connectivity index (χ0v) is 18.1. The summed E-state index contributed by atoms with van der Waals surface area (Å²) in [5.41, 5.74) is 2.95.